The molecule has 1 amide bonds. The molecule has 0 bridgehead atoms. The number of carbonyl (C=O) groups excluding carboxylic acids is 1. The summed E-state index contributed by atoms with van der Waals surface area (Å²) >= 11 is 0. The summed E-state index contributed by atoms with van der Waals surface area (Å²) in [7, 11) is 1.61. The topological polar surface area (TPSA) is 56.8 Å². The van der Waals surface area contributed by atoms with Crippen molar-refractivity contribution in [2.75, 3.05) is 20.3 Å². The number of benzene rings is 1. The molecule has 0 unspecified atom stereocenters. The van der Waals surface area contributed by atoms with Crippen molar-refractivity contribution in [2.24, 2.45) is 0 Å². The number of nitrogens with one attached hydrogen (secondary N) is 1. The highest BCUT2D eigenvalue weighted by molar-refractivity contribution is 5.80. The Hall–Kier alpha value is -1.75. The lowest BCUT2D eigenvalue weighted by molar-refractivity contribution is -0.127. The fourth-order valence-electron chi connectivity index (χ4n) is 1.66. The van der Waals surface area contributed by atoms with Crippen LogP contribution in [0.25, 0.3) is 0 Å². The van der Waals surface area contributed by atoms with Gasteiger partial charge in [0.15, 0.2) is 6.10 Å². The lowest BCUT2D eigenvalue weighted by atomic mass is 10.3. The quantitative estimate of drug-likeness (QED) is 0.711. The molecule has 5 nitrogen and oxygen atoms in total. The van der Waals surface area contributed by atoms with Crippen molar-refractivity contribution in [1.29, 1.82) is 0 Å². The first kappa shape index (κ1) is 17.3. The normalized spacial score (nSPS) is 12.0. The van der Waals surface area contributed by atoms with Gasteiger partial charge in [-0.2, -0.15) is 0 Å². The third-order valence-corrected chi connectivity index (χ3v) is 2.81. The zero-order chi connectivity index (χ0) is 15.7. The number of amides is 1. The minimum Gasteiger partial charge on any atom is -0.497 e. The summed E-state index contributed by atoms with van der Waals surface area (Å²) in [5, 5.41) is 2.83. The van der Waals surface area contributed by atoms with E-state index in [-0.39, 0.29) is 12.0 Å². The number of hydrogen-bond donors (Lipinski definition) is 1. The van der Waals surface area contributed by atoms with Crippen molar-refractivity contribution in [3.8, 4) is 11.5 Å². The molecule has 21 heavy (non-hydrogen) atoms. The zero-order valence-electron chi connectivity index (χ0n) is 13.2. The van der Waals surface area contributed by atoms with Crippen LogP contribution in [-0.2, 0) is 9.53 Å². The molecule has 0 spiro atoms. The molecule has 0 heterocycles. The highest BCUT2D eigenvalue weighted by Crippen LogP contribution is 2.18. The minimum absolute atomic E-state index is 0.129. The monoisotopic (exact) mass is 295 g/mol. The van der Waals surface area contributed by atoms with Gasteiger partial charge >= 0.3 is 0 Å². The molecule has 0 aliphatic heterocycles. The zero-order valence-corrected chi connectivity index (χ0v) is 13.2. The number of rotatable bonds is 9. The predicted molar refractivity (Wildman–Crippen MR) is 81.8 cm³/mol. The van der Waals surface area contributed by atoms with Crippen molar-refractivity contribution < 1.29 is 19.0 Å². The SMILES string of the molecule is COc1ccc(O[C@H](C)C(=O)NCCCOC(C)C)cc1. The van der Waals surface area contributed by atoms with E-state index >= 15 is 0 Å². The Balaban J connectivity index is 2.26. The number of carbonyl (C=O) groups is 1. The van der Waals surface area contributed by atoms with E-state index in [0.29, 0.717) is 18.9 Å². The van der Waals surface area contributed by atoms with Crippen LogP contribution in [0, 0.1) is 0 Å². The molecule has 0 saturated heterocycles. The molecule has 1 atom stereocenters. The van der Waals surface area contributed by atoms with E-state index < -0.39 is 6.10 Å². The summed E-state index contributed by atoms with van der Waals surface area (Å²) in [6, 6.07) is 7.14. The third kappa shape index (κ3) is 6.99. The summed E-state index contributed by atoms with van der Waals surface area (Å²) in [4.78, 5) is 11.9. The lowest BCUT2D eigenvalue weighted by Crippen LogP contribution is -2.37. The first-order valence-electron chi connectivity index (χ1n) is 7.23. The Labute approximate surface area is 126 Å². The smallest absolute Gasteiger partial charge is 0.260 e. The molecule has 1 aromatic carbocycles. The van der Waals surface area contributed by atoms with Crippen LogP contribution in [0.5, 0.6) is 11.5 Å². The maximum absolute atomic E-state index is 11.9. The van der Waals surface area contributed by atoms with Gasteiger partial charge in [-0.15, -0.1) is 0 Å². The van der Waals surface area contributed by atoms with Crippen LogP contribution >= 0.6 is 0 Å². The highest BCUT2D eigenvalue weighted by Gasteiger charge is 2.13. The molecule has 5 heteroatoms. The molecule has 0 aromatic heterocycles. The lowest BCUT2D eigenvalue weighted by Gasteiger charge is -2.15. The van der Waals surface area contributed by atoms with Crippen LogP contribution < -0.4 is 14.8 Å². The van der Waals surface area contributed by atoms with Crippen molar-refractivity contribution in [1.82, 2.24) is 5.32 Å². The molecule has 0 saturated carbocycles. The largest absolute Gasteiger partial charge is 0.497 e. The van der Waals surface area contributed by atoms with Gasteiger partial charge in [0, 0.05) is 13.2 Å². The van der Waals surface area contributed by atoms with Gasteiger partial charge in [0.2, 0.25) is 0 Å². The summed E-state index contributed by atoms with van der Waals surface area (Å²) in [5.41, 5.74) is 0. The fourth-order valence-corrected chi connectivity index (χ4v) is 1.66. The maximum Gasteiger partial charge on any atom is 0.260 e. The van der Waals surface area contributed by atoms with Gasteiger partial charge in [-0.05, 0) is 51.5 Å². The van der Waals surface area contributed by atoms with E-state index in [0.717, 1.165) is 12.2 Å². The Morgan fingerprint density at radius 1 is 1.14 bits per heavy atom. The number of hydrogen-bond acceptors (Lipinski definition) is 4. The Kier molecular flexibility index (Phi) is 7.61. The summed E-state index contributed by atoms with van der Waals surface area (Å²) in [6.07, 6.45) is 0.474. The highest BCUT2D eigenvalue weighted by atomic mass is 16.5. The molecule has 0 aliphatic carbocycles. The van der Waals surface area contributed by atoms with E-state index in [2.05, 4.69) is 5.32 Å². The van der Waals surface area contributed by atoms with Gasteiger partial charge in [-0.1, -0.05) is 0 Å². The van der Waals surface area contributed by atoms with Crippen LogP contribution in [0.2, 0.25) is 0 Å². The predicted octanol–water partition coefficient (Wildman–Crippen LogP) is 2.39. The molecule has 0 radical (unpaired) electrons. The average molecular weight is 295 g/mol. The standard InChI is InChI=1S/C16H25NO4/c1-12(2)20-11-5-10-17-16(18)13(3)21-15-8-6-14(19-4)7-9-15/h6-9,12-13H,5,10-11H2,1-4H3,(H,17,18)/t13-/m1/s1. The van der Waals surface area contributed by atoms with Crippen molar-refractivity contribution >= 4 is 5.91 Å². The fraction of sp³-hybridized carbons (Fsp3) is 0.562. The van der Waals surface area contributed by atoms with Gasteiger partial charge in [0.05, 0.1) is 13.2 Å². The van der Waals surface area contributed by atoms with E-state index in [9.17, 15) is 4.79 Å². The summed E-state index contributed by atoms with van der Waals surface area (Å²) in [6.45, 7) is 6.93. The van der Waals surface area contributed by atoms with Gasteiger partial charge in [0.1, 0.15) is 11.5 Å². The second-order valence-corrected chi connectivity index (χ2v) is 5.00. The van der Waals surface area contributed by atoms with Crippen LogP contribution in [0.4, 0.5) is 0 Å². The van der Waals surface area contributed by atoms with Crippen LogP contribution in [-0.4, -0.2) is 38.4 Å². The van der Waals surface area contributed by atoms with Crippen LogP contribution in [0.3, 0.4) is 0 Å². The Bertz CT molecular complexity index is 417. The molecule has 118 valence electrons. The van der Waals surface area contributed by atoms with Crippen molar-refractivity contribution in [2.45, 2.75) is 39.4 Å². The van der Waals surface area contributed by atoms with E-state index in [1.54, 1.807) is 38.3 Å². The first-order valence-corrected chi connectivity index (χ1v) is 7.23. The molecule has 1 N–H and O–H groups in total. The average Bonchev–Trinajstić information content (AvgIpc) is 2.47. The Morgan fingerprint density at radius 3 is 2.33 bits per heavy atom. The molecule has 1 aromatic rings. The molecular weight excluding hydrogens is 270 g/mol. The molecule has 0 fully saturated rings. The van der Waals surface area contributed by atoms with Gasteiger partial charge in [-0.25, -0.2) is 0 Å². The van der Waals surface area contributed by atoms with Gasteiger partial charge in [0.25, 0.3) is 5.91 Å². The maximum atomic E-state index is 11.9. The second kappa shape index (κ2) is 9.23. The van der Waals surface area contributed by atoms with E-state index in [4.69, 9.17) is 14.2 Å². The number of methoxy groups -OCH3 is 1. The summed E-state index contributed by atoms with van der Waals surface area (Å²) < 4.78 is 16.0. The molecule has 0 aliphatic rings. The van der Waals surface area contributed by atoms with Gasteiger partial charge in [-0.3, -0.25) is 4.79 Å². The van der Waals surface area contributed by atoms with E-state index in [1.165, 1.54) is 0 Å². The third-order valence-electron chi connectivity index (χ3n) is 2.81. The summed E-state index contributed by atoms with van der Waals surface area (Å²) in [5.74, 6) is 1.27. The van der Waals surface area contributed by atoms with Crippen molar-refractivity contribution in [3.63, 3.8) is 0 Å². The van der Waals surface area contributed by atoms with Gasteiger partial charge < -0.3 is 19.5 Å². The van der Waals surface area contributed by atoms with Crippen LogP contribution in [0.1, 0.15) is 27.2 Å². The number of ether oxygens (including phenoxy) is 3. The van der Waals surface area contributed by atoms with Crippen LogP contribution in [0.15, 0.2) is 24.3 Å². The molecular formula is C16H25NO4. The Morgan fingerprint density at radius 2 is 1.76 bits per heavy atom. The second-order valence-electron chi connectivity index (χ2n) is 5.00. The minimum atomic E-state index is -0.538. The first-order chi connectivity index (χ1) is 10.0. The molecule has 1 rings (SSSR count). The van der Waals surface area contributed by atoms with E-state index in [1.807, 2.05) is 13.8 Å². The van der Waals surface area contributed by atoms with Crippen molar-refractivity contribution in [3.05, 3.63) is 24.3 Å².